The Morgan fingerprint density at radius 2 is 2.13 bits per heavy atom. The average molecular weight is 213 g/mol. The van der Waals surface area contributed by atoms with Crippen molar-refractivity contribution in [3.63, 3.8) is 0 Å². The number of aliphatic hydroxyl groups is 1. The van der Waals surface area contributed by atoms with Crippen molar-refractivity contribution in [3.8, 4) is 0 Å². The topological polar surface area (TPSA) is 58.9 Å². The van der Waals surface area contributed by atoms with Crippen LogP contribution in [-0.4, -0.2) is 28.6 Å². The highest BCUT2D eigenvalue weighted by molar-refractivity contribution is 5.96. The third-order valence-corrected chi connectivity index (χ3v) is 2.17. The van der Waals surface area contributed by atoms with Crippen molar-refractivity contribution in [2.45, 2.75) is 58.2 Å². The molecule has 0 heterocycles. The molecule has 0 aromatic carbocycles. The van der Waals surface area contributed by atoms with E-state index in [1.54, 1.807) is 20.8 Å². The molecule has 1 saturated carbocycles. The summed E-state index contributed by atoms with van der Waals surface area (Å²) in [6.07, 6.45) is 2.21. The molecule has 1 aliphatic rings. The van der Waals surface area contributed by atoms with Crippen LogP contribution in [0.4, 0.5) is 4.79 Å². The van der Waals surface area contributed by atoms with Gasteiger partial charge in [-0.25, -0.2) is 4.79 Å². The first kappa shape index (κ1) is 12.2. The van der Waals surface area contributed by atoms with Crippen molar-refractivity contribution >= 4 is 11.8 Å². The minimum atomic E-state index is -0.599. The molecule has 0 aliphatic heterocycles. The maximum Gasteiger partial charge on any atom is 0.434 e. The Morgan fingerprint density at radius 1 is 1.47 bits per heavy atom. The molecule has 1 aliphatic carbocycles. The first-order chi connectivity index (χ1) is 6.88. The third-order valence-electron chi connectivity index (χ3n) is 2.17. The Balaban J connectivity index is 2.57. The van der Waals surface area contributed by atoms with Gasteiger partial charge in [-0.3, -0.25) is 0 Å². The Labute approximate surface area is 90.3 Å². The number of carbonyl (C=O) groups excluding carboxylic acids is 1. The van der Waals surface area contributed by atoms with Gasteiger partial charge < -0.3 is 9.84 Å². The Kier molecular flexibility index (Phi) is 3.85. The number of nitrogens with zero attached hydrogens (tertiary/aromatic N) is 1. The summed E-state index contributed by atoms with van der Waals surface area (Å²) >= 11 is 0. The van der Waals surface area contributed by atoms with Gasteiger partial charge in [0, 0.05) is 0 Å². The van der Waals surface area contributed by atoms with E-state index in [4.69, 9.17) is 4.74 Å². The second kappa shape index (κ2) is 4.75. The SMILES string of the molecule is CC(C)(C)OC(=O)/N=C1/CCCC[C@@H]1O. The highest BCUT2D eigenvalue weighted by Gasteiger charge is 2.21. The van der Waals surface area contributed by atoms with Crippen LogP contribution in [0.1, 0.15) is 46.5 Å². The predicted molar refractivity (Wildman–Crippen MR) is 58.1 cm³/mol. The molecule has 0 unspecified atom stereocenters. The Bertz CT molecular complexity index is 265. The molecule has 86 valence electrons. The van der Waals surface area contributed by atoms with E-state index in [0.29, 0.717) is 18.6 Å². The fourth-order valence-corrected chi connectivity index (χ4v) is 1.51. The summed E-state index contributed by atoms with van der Waals surface area (Å²) in [5.74, 6) is 0. The van der Waals surface area contributed by atoms with Crippen LogP contribution in [0, 0.1) is 0 Å². The van der Waals surface area contributed by atoms with Crippen LogP contribution in [0.2, 0.25) is 0 Å². The molecular formula is C11H19NO3. The molecule has 0 radical (unpaired) electrons. The second-order valence-corrected chi connectivity index (χ2v) is 4.85. The third kappa shape index (κ3) is 4.42. The van der Waals surface area contributed by atoms with Crippen molar-refractivity contribution in [1.29, 1.82) is 0 Å². The number of aliphatic imine (C=N–C) groups is 1. The summed E-state index contributed by atoms with van der Waals surface area (Å²) < 4.78 is 5.05. The molecule has 0 aromatic rings. The number of ether oxygens (including phenoxy) is 1. The van der Waals surface area contributed by atoms with Gasteiger partial charge in [0.05, 0.1) is 11.8 Å². The number of carbonyl (C=O) groups is 1. The molecule has 0 aromatic heterocycles. The Hall–Kier alpha value is -0.900. The summed E-state index contributed by atoms with van der Waals surface area (Å²) in [6, 6.07) is 0. The van der Waals surface area contributed by atoms with Crippen LogP contribution in [0.15, 0.2) is 4.99 Å². The molecular weight excluding hydrogens is 194 g/mol. The van der Waals surface area contributed by atoms with Crippen molar-refractivity contribution in [2.75, 3.05) is 0 Å². The van der Waals surface area contributed by atoms with E-state index in [-0.39, 0.29) is 0 Å². The van der Waals surface area contributed by atoms with E-state index < -0.39 is 17.8 Å². The van der Waals surface area contributed by atoms with Gasteiger partial charge >= 0.3 is 6.09 Å². The first-order valence-corrected chi connectivity index (χ1v) is 5.37. The zero-order valence-electron chi connectivity index (χ0n) is 9.62. The average Bonchev–Trinajstić information content (AvgIpc) is 2.05. The molecule has 0 saturated heterocycles. The second-order valence-electron chi connectivity index (χ2n) is 4.85. The molecule has 1 fully saturated rings. The van der Waals surface area contributed by atoms with Crippen LogP contribution in [0.3, 0.4) is 0 Å². The standard InChI is InChI=1S/C11H19NO3/c1-11(2,3)15-10(14)12-8-6-4-5-7-9(8)13/h9,13H,4-7H2,1-3H3/b12-8-/t9-/m0/s1. The van der Waals surface area contributed by atoms with Crippen LogP contribution >= 0.6 is 0 Å². The number of rotatable bonds is 0. The van der Waals surface area contributed by atoms with Gasteiger partial charge in [-0.15, -0.1) is 0 Å². The summed E-state index contributed by atoms with van der Waals surface area (Å²) in [5, 5.41) is 9.58. The molecule has 1 rings (SSSR count). The van der Waals surface area contributed by atoms with Crippen LogP contribution in [0.25, 0.3) is 0 Å². The van der Waals surface area contributed by atoms with Crippen LogP contribution in [-0.2, 0) is 4.74 Å². The Morgan fingerprint density at radius 3 is 2.67 bits per heavy atom. The van der Waals surface area contributed by atoms with Crippen molar-refractivity contribution in [2.24, 2.45) is 4.99 Å². The smallest absolute Gasteiger partial charge is 0.434 e. The van der Waals surface area contributed by atoms with Gasteiger partial charge in [0.25, 0.3) is 0 Å². The minimum Gasteiger partial charge on any atom is -0.442 e. The van der Waals surface area contributed by atoms with Crippen LogP contribution in [0.5, 0.6) is 0 Å². The number of amides is 1. The van der Waals surface area contributed by atoms with E-state index in [9.17, 15) is 9.90 Å². The highest BCUT2D eigenvalue weighted by atomic mass is 16.6. The lowest BCUT2D eigenvalue weighted by molar-refractivity contribution is 0.0600. The zero-order valence-corrected chi connectivity index (χ0v) is 9.62. The summed E-state index contributed by atoms with van der Waals surface area (Å²) in [4.78, 5) is 15.2. The predicted octanol–water partition coefficient (Wildman–Crippen LogP) is 2.30. The highest BCUT2D eigenvalue weighted by Crippen LogP contribution is 2.17. The molecule has 4 nitrogen and oxygen atoms in total. The molecule has 4 heteroatoms. The first-order valence-electron chi connectivity index (χ1n) is 5.37. The summed E-state index contributed by atoms with van der Waals surface area (Å²) in [6.45, 7) is 5.38. The lowest BCUT2D eigenvalue weighted by Crippen LogP contribution is -2.28. The molecule has 0 spiro atoms. The van der Waals surface area contributed by atoms with E-state index in [1.807, 2.05) is 0 Å². The van der Waals surface area contributed by atoms with Crippen LogP contribution < -0.4 is 0 Å². The largest absolute Gasteiger partial charge is 0.442 e. The quantitative estimate of drug-likeness (QED) is 0.671. The maximum absolute atomic E-state index is 11.4. The van der Waals surface area contributed by atoms with Gasteiger partial charge in [-0.2, -0.15) is 4.99 Å². The fourth-order valence-electron chi connectivity index (χ4n) is 1.51. The van der Waals surface area contributed by atoms with E-state index in [0.717, 1.165) is 12.8 Å². The van der Waals surface area contributed by atoms with E-state index in [2.05, 4.69) is 4.99 Å². The van der Waals surface area contributed by atoms with Gasteiger partial charge in [0.2, 0.25) is 0 Å². The lowest BCUT2D eigenvalue weighted by Gasteiger charge is -2.21. The van der Waals surface area contributed by atoms with Crippen molar-refractivity contribution < 1.29 is 14.6 Å². The number of hydrogen-bond donors (Lipinski definition) is 1. The fraction of sp³-hybridized carbons (Fsp3) is 0.818. The van der Waals surface area contributed by atoms with Crippen molar-refractivity contribution in [1.82, 2.24) is 0 Å². The molecule has 0 bridgehead atoms. The van der Waals surface area contributed by atoms with E-state index >= 15 is 0 Å². The molecule has 1 N–H and O–H groups in total. The molecule has 1 amide bonds. The summed E-state index contributed by atoms with van der Waals surface area (Å²) in [7, 11) is 0. The van der Waals surface area contributed by atoms with E-state index in [1.165, 1.54) is 0 Å². The normalized spacial score (nSPS) is 25.3. The number of aliphatic hydroxyl groups excluding tert-OH is 1. The number of hydrogen-bond acceptors (Lipinski definition) is 3. The maximum atomic E-state index is 11.4. The lowest BCUT2D eigenvalue weighted by atomic mass is 9.96. The zero-order chi connectivity index (χ0) is 11.5. The van der Waals surface area contributed by atoms with Gasteiger partial charge in [-0.05, 0) is 40.0 Å². The molecule has 1 atom stereocenters. The van der Waals surface area contributed by atoms with Gasteiger partial charge in [0.1, 0.15) is 5.60 Å². The van der Waals surface area contributed by atoms with Gasteiger partial charge in [-0.1, -0.05) is 6.42 Å². The van der Waals surface area contributed by atoms with Gasteiger partial charge in [0.15, 0.2) is 0 Å². The minimum absolute atomic E-state index is 0.527. The van der Waals surface area contributed by atoms with Crippen molar-refractivity contribution in [3.05, 3.63) is 0 Å². The molecule has 15 heavy (non-hydrogen) atoms. The monoisotopic (exact) mass is 213 g/mol. The summed E-state index contributed by atoms with van der Waals surface area (Å²) in [5.41, 5.74) is 0.0383.